The molecule has 0 amide bonds. The molecular weight excluding hydrogens is 180 g/mol. The first-order valence-electron chi connectivity index (χ1n) is 4.67. The normalized spacial score (nSPS) is 23.1. The number of aromatic hydroxyl groups is 1. The Morgan fingerprint density at radius 1 is 1.36 bits per heavy atom. The van der Waals surface area contributed by atoms with E-state index < -0.39 is 0 Å². The Kier molecular flexibility index (Phi) is 2.11. The third kappa shape index (κ3) is 1.99. The molecule has 3 nitrogen and oxygen atoms in total. The summed E-state index contributed by atoms with van der Waals surface area (Å²) in [5.74, 6) is 1.01. The van der Waals surface area contributed by atoms with Crippen molar-refractivity contribution in [2.75, 3.05) is 6.61 Å². The van der Waals surface area contributed by atoms with Crippen molar-refractivity contribution in [3.63, 3.8) is 0 Å². The summed E-state index contributed by atoms with van der Waals surface area (Å²) in [5.41, 5.74) is -0.0308. The summed E-state index contributed by atoms with van der Waals surface area (Å²) in [5, 5.41) is 9.05. The average molecular weight is 194 g/mol. The van der Waals surface area contributed by atoms with Crippen molar-refractivity contribution < 1.29 is 14.6 Å². The van der Waals surface area contributed by atoms with Crippen LogP contribution in [0.3, 0.4) is 0 Å². The molecular formula is C11H14O3. The van der Waals surface area contributed by atoms with Crippen LogP contribution in [0.25, 0.3) is 0 Å². The Hall–Kier alpha value is -1.22. The molecule has 1 N–H and O–H groups in total. The lowest BCUT2D eigenvalue weighted by atomic mass is 10.1. The molecule has 14 heavy (non-hydrogen) atoms. The molecule has 1 aromatic rings. The van der Waals surface area contributed by atoms with E-state index in [1.54, 1.807) is 24.3 Å². The first kappa shape index (κ1) is 9.34. The van der Waals surface area contributed by atoms with Gasteiger partial charge in [-0.2, -0.15) is 0 Å². The van der Waals surface area contributed by atoms with Crippen molar-refractivity contribution in [2.24, 2.45) is 0 Å². The van der Waals surface area contributed by atoms with Gasteiger partial charge in [0.2, 0.25) is 0 Å². The number of benzene rings is 1. The van der Waals surface area contributed by atoms with E-state index in [0.717, 1.165) is 5.75 Å². The van der Waals surface area contributed by atoms with Gasteiger partial charge in [-0.15, -0.1) is 0 Å². The van der Waals surface area contributed by atoms with Gasteiger partial charge in [0, 0.05) is 0 Å². The number of hydrogen-bond donors (Lipinski definition) is 1. The molecule has 2 rings (SSSR count). The van der Waals surface area contributed by atoms with Gasteiger partial charge in [-0.1, -0.05) is 0 Å². The zero-order chi connectivity index (χ0) is 10.2. The summed E-state index contributed by atoms with van der Waals surface area (Å²) in [6.07, 6.45) is 0.191. The van der Waals surface area contributed by atoms with E-state index in [0.29, 0.717) is 6.61 Å². The van der Waals surface area contributed by atoms with Gasteiger partial charge in [0.15, 0.2) is 0 Å². The maximum Gasteiger partial charge on any atom is 0.121 e. The highest BCUT2D eigenvalue weighted by Gasteiger charge is 2.48. The third-order valence-electron chi connectivity index (χ3n) is 2.40. The second-order valence-electron chi connectivity index (χ2n) is 4.01. The number of phenols is 1. The summed E-state index contributed by atoms with van der Waals surface area (Å²) in [6.45, 7) is 4.65. The summed E-state index contributed by atoms with van der Waals surface area (Å²) < 4.78 is 10.9. The Labute approximate surface area is 83.3 Å². The highest BCUT2D eigenvalue weighted by atomic mass is 16.6. The van der Waals surface area contributed by atoms with Crippen LogP contribution in [0.5, 0.6) is 11.5 Å². The van der Waals surface area contributed by atoms with E-state index in [2.05, 4.69) is 0 Å². The monoisotopic (exact) mass is 194 g/mol. The Balaban J connectivity index is 1.84. The van der Waals surface area contributed by atoms with Crippen LogP contribution in [0.1, 0.15) is 13.8 Å². The summed E-state index contributed by atoms with van der Waals surface area (Å²) in [7, 11) is 0. The van der Waals surface area contributed by atoms with Gasteiger partial charge in [-0.3, -0.25) is 0 Å². The fourth-order valence-electron chi connectivity index (χ4n) is 1.28. The smallest absolute Gasteiger partial charge is 0.121 e. The molecule has 0 bridgehead atoms. The van der Waals surface area contributed by atoms with E-state index in [9.17, 15) is 0 Å². The van der Waals surface area contributed by atoms with Crippen molar-refractivity contribution in [1.29, 1.82) is 0 Å². The van der Waals surface area contributed by atoms with Crippen LogP contribution in [0, 0.1) is 0 Å². The van der Waals surface area contributed by atoms with Gasteiger partial charge in [0.25, 0.3) is 0 Å². The summed E-state index contributed by atoms with van der Waals surface area (Å²) >= 11 is 0. The van der Waals surface area contributed by atoms with E-state index in [-0.39, 0.29) is 17.5 Å². The molecule has 0 aromatic heterocycles. The third-order valence-corrected chi connectivity index (χ3v) is 2.40. The van der Waals surface area contributed by atoms with Gasteiger partial charge >= 0.3 is 0 Å². The van der Waals surface area contributed by atoms with E-state index in [1.165, 1.54) is 0 Å². The summed E-state index contributed by atoms with van der Waals surface area (Å²) in [4.78, 5) is 0. The molecule has 0 aliphatic carbocycles. The van der Waals surface area contributed by atoms with E-state index in [4.69, 9.17) is 14.6 Å². The van der Waals surface area contributed by atoms with Crippen LogP contribution < -0.4 is 4.74 Å². The molecule has 76 valence electrons. The van der Waals surface area contributed by atoms with Gasteiger partial charge in [0.05, 0.1) is 5.60 Å². The van der Waals surface area contributed by atoms with Crippen LogP contribution in [0.15, 0.2) is 24.3 Å². The Morgan fingerprint density at radius 2 is 1.93 bits per heavy atom. The predicted octanol–water partition coefficient (Wildman–Crippen LogP) is 1.95. The number of rotatable bonds is 3. The van der Waals surface area contributed by atoms with Crippen LogP contribution in [0.2, 0.25) is 0 Å². The highest BCUT2D eigenvalue weighted by molar-refractivity contribution is 5.30. The molecule has 0 saturated carbocycles. The van der Waals surface area contributed by atoms with Crippen LogP contribution in [0.4, 0.5) is 0 Å². The number of epoxide rings is 1. The van der Waals surface area contributed by atoms with Crippen molar-refractivity contribution in [1.82, 2.24) is 0 Å². The Morgan fingerprint density at radius 3 is 2.43 bits per heavy atom. The minimum absolute atomic E-state index is 0.0308. The largest absolute Gasteiger partial charge is 0.508 e. The lowest BCUT2D eigenvalue weighted by Crippen LogP contribution is -2.12. The fourth-order valence-corrected chi connectivity index (χ4v) is 1.28. The molecule has 1 fully saturated rings. The van der Waals surface area contributed by atoms with Gasteiger partial charge in [0.1, 0.15) is 24.2 Å². The molecule has 1 unspecified atom stereocenters. The second kappa shape index (κ2) is 3.17. The minimum Gasteiger partial charge on any atom is -0.508 e. The lowest BCUT2D eigenvalue weighted by Gasteiger charge is -2.04. The number of phenolic OH excluding ortho intramolecular Hbond substituents is 1. The highest BCUT2D eigenvalue weighted by Crippen LogP contribution is 2.35. The van der Waals surface area contributed by atoms with E-state index >= 15 is 0 Å². The van der Waals surface area contributed by atoms with E-state index in [1.807, 2.05) is 13.8 Å². The first-order chi connectivity index (χ1) is 6.58. The van der Waals surface area contributed by atoms with Crippen molar-refractivity contribution >= 4 is 0 Å². The van der Waals surface area contributed by atoms with Crippen molar-refractivity contribution in [3.05, 3.63) is 24.3 Å². The second-order valence-corrected chi connectivity index (χ2v) is 4.01. The lowest BCUT2D eigenvalue weighted by molar-refractivity contribution is 0.254. The van der Waals surface area contributed by atoms with Crippen molar-refractivity contribution in [3.8, 4) is 11.5 Å². The number of hydrogen-bond acceptors (Lipinski definition) is 3. The quantitative estimate of drug-likeness (QED) is 0.748. The maximum absolute atomic E-state index is 9.05. The standard InChI is InChI=1S/C11H14O3/c1-11(2)10(14-11)7-13-9-5-3-8(12)4-6-9/h3-6,10,12H,7H2,1-2H3. The first-order valence-corrected chi connectivity index (χ1v) is 4.67. The average Bonchev–Trinajstić information content (AvgIpc) is 2.73. The molecule has 1 saturated heterocycles. The predicted molar refractivity (Wildman–Crippen MR) is 52.6 cm³/mol. The zero-order valence-electron chi connectivity index (χ0n) is 8.36. The molecule has 0 radical (unpaired) electrons. The van der Waals surface area contributed by atoms with Gasteiger partial charge in [-0.25, -0.2) is 0 Å². The maximum atomic E-state index is 9.05. The van der Waals surface area contributed by atoms with Crippen LogP contribution in [-0.2, 0) is 4.74 Å². The molecule has 1 aromatic carbocycles. The van der Waals surface area contributed by atoms with Gasteiger partial charge < -0.3 is 14.6 Å². The molecule has 1 heterocycles. The molecule has 0 spiro atoms. The fraction of sp³-hybridized carbons (Fsp3) is 0.455. The van der Waals surface area contributed by atoms with Crippen molar-refractivity contribution in [2.45, 2.75) is 25.6 Å². The SMILES string of the molecule is CC1(C)OC1COc1ccc(O)cc1. The zero-order valence-corrected chi connectivity index (χ0v) is 8.36. The molecule has 1 aliphatic heterocycles. The molecule has 3 heteroatoms. The summed E-state index contributed by atoms with van der Waals surface area (Å²) in [6, 6.07) is 6.69. The van der Waals surface area contributed by atoms with Crippen LogP contribution >= 0.6 is 0 Å². The topological polar surface area (TPSA) is 42.0 Å². The minimum atomic E-state index is -0.0308. The van der Waals surface area contributed by atoms with Gasteiger partial charge in [-0.05, 0) is 38.1 Å². The Bertz CT molecular complexity index is 316. The van der Waals surface area contributed by atoms with Crippen LogP contribution in [-0.4, -0.2) is 23.4 Å². The number of ether oxygens (including phenoxy) is 2. The molecule has 1 atom stereocenters. The molecule has 1 aliphatic rings.